The summed E-state index contributed by atoms with van der Waals surface area (Å²) in [5.41, 5.74) is 3.39. The molecule has 4 heterocycles. The van der Waals surface area contributed by atoms with Crippen molar-refractivity contribution in [3.05, 3.63) is 41.8 Å². The van der Waals surface area contributed by atoms with Gasteiger partial charge in [-0.3, -0.25) is 0 Å². The van der Waals surface area contributed by atoms with E-state index in [9.17, 15) is 0 Å². The average molecular weight is 320 g/mol. The molecule has 0 saturated carbocycles. The first-order valence-corrected chi connectivity index (χ1v) is 7.99. The number of aromatic nitrogens is 5. The van der Waals surface area contributed by atoms with Crippen LogP contribution in [0.2, 0.25) is 0 Å². The fourth-order valence-electron chi connectivity index (χ4n) is 3.23. The highest BCUT2D eigenvalue weighted by molar-refractivity contribution is 5.82. The molecule has 1 aliphatic rings. The summed E-state index contributed by atoms with van der Waals surface area (Å²) in [6.07, 6.45) is 0. The quantitative estimate of drug-likeness (QED) is 0.611. The summed E-state index contributed by atoms with van der Waals surface area (Å²) < 4.78 is 5.55. The van der Waals surface area contributed by atoms with Crippen LogP contribution < -0.4 is 4.90 Å². The summed E-state index contributed by atoms with van der Waals surface area (Å²) in [6.45, 7) is 5.42. The van der Waals surface area contributed by atoms with Gasteiger partial charge in [0.2, 0.25) is 0 Å². The molecule has 0 spiro atoms. The van der Waals surface area contributed by atoms with Gasteiger partial charge in [-0.2, -0.15) is 4.98 Å². The van der Waals surface area contributed by atoms with Gasteiger partial charge in [-0.1, -0.05) is 12.1 Å². The third kappa shape index (κ3) is 1.97. The van der Waals surface area contributed by atoms with Crippen LogP contribution in [0.5, 0.6) is 0 Å². The van der Waals surface area contributed by atoms with E-state index < -0.39 is 0 Å². The number of fused-ring (bicyclic) bond motifs is 2. The first-order chi connectivity index (χ1) is 11.7. The van der Waals surface area contributed by atoms with Crippen LogP contribution in [-0.2, 0) is 0 Å². The van der Waals surface area contributed by atoms with Gasteiger partial charge < -0.3 is 14.3 Å². The number of hydrogen-bond donors (Lipinski definition) is 1. The van der Waals surface area contributed by atoms with Gasteiger partial charge in [0.1, 0.15) is 11.6 Å². The Morgan fingerprint density at radius 3 is 2.75 bits per heavy atom. The van der Waals surface area contributed by atoms with E-state index in [0.29, 0.717) is 23.3 Å². The van der Waals surface area contributed by atoms with Crippen molar-refractivity contribution in [3.63, 3.8) is 0 Å². The number of rotatable bonds is 2. The Hall–Kier alpha value is -2.96. The lowest BCUT2D eigenvalue weighted by Gasteiger charge is -2.39. The smallest absolute Gasteiger partial charge is 0.252 e. The number of hydrogen-bond acceptors (Lipinski definition) is 6. The normalized spacial score (nSPS) is 15.3. The van der Waals surface area contributed by atoms with E-state index in [2.05, 4.69) is 30.9 Å². The van der Waals surface area contributed by atoms with E-state index in [1.54, 1.807) is 0 Å². The van der Waals surface area contributed by atoms with Crippen LogP contribution in [-0.4, -0.2) is 38.0 Å². The molecular weight excluding hydrogens is 304 g/mol. The van der Waals surface area contributed by atoms with Crippen molar-refractivity contribution in [3.8, 4) is 0 Å². The lowest BCUT2D eigenvalue weighted by atomic mass is 9.99. The summed E-state index contributed by atoms with van der Waals surface area (Å²) >= 11 is 0. The van der Waals surface area contributed by atoms with Crippen molar-refractivity contribution < 1.29 is 4.42 Å². The van der Waals surface area contributed by atoms with Crippen LogP contribution in [0.15, 0.2) is 28.7 Å². The number of para-hydroxylation sites is 2. The molecule has 4 aromatic rings. The maximum absolute atomic E-state index is 5.55. The Morgan fingerprint density at radius 1 is 1.08 bits per heavy atom. The Labute approximate surface area is 137 Å². The fourth-order valence-corrected chi connectivity index (χ4v) is 3.23. The lowest BCUT2D eigenvalue weighted by Crippen LogP contribution is -2.46. The molecule has 24 heavy (non-hydrogen) atoms. The van der Waals surface area contributed by atoms with Gasteiger partial charge in [0.05, 0.1) is 17.0 Å². The van der Waals surface area contributed by atoms with Crippen LogP contribution in [0.25, 0.3) is 22.3 Å². The summed E-state index contributed by atoms with van der Waals surface area (Å²) in [6, 6.07) is 8.11. The molecular formula is C17H16N6O. The largest absolute Gasteiger partial charge is 0.422 e. The predicted octanol–water partition coefficient (Wildman–Crippen LogP) is 2.71. The molecule has 1 aromatic carbocycles. The van der Waals surface area contributed by atoms with Crippen LogP contribution in [0, 0.1) is 13.8 Å². The molecule has 120 valence electrons. The second-order valence-electron chi connectivity index (χ2n) is 6.22. The molecule has 1 fully saturated rings. The van der Waals surface area contributed by atoms with E-state index >= 15 is 0 Å². The molecule has 7 nitrogen and oxygen atoms in total. The van der Waals surface area contributed by atoms with Crippen molar-refractivity contribution in [2.75, 3.05) is 18.0 Å². The Kier molecular flexibility index (Phi) is 2.68. The summed E-state index contributed by atoms with van der Waals surface area (Å²) in [7, 11) is 0. The molecule has 5 rings (SSSR count). The van der Waals surface area contributed by atoms with Gasteiger partial charge >= 0.3 is 0 Å². The van der Waals surface area contributed by atoms with E-state index in [0.717, 1.165) is 41.3 Å². The van der Waals surface area contributed by atoms with Crippen molar-refractivity contribution in [2.24, 2.45) is 0 Å². The van der Waals surface area contributed by atoms with Gasteiger partial charge in [0.15, 0.2) is 17.2 Å². The standard InChI is InChI=1S/C17H16N6O/c1-9-18-16(14-17(19-9)24-10(2)20-14)23-7-11(8-23)15-21-12-5-3-4-6-13(12)22-15/h3-6,11H,7-8H2,1-2H3,(H,21,22). The summed E-state index contributed by atoms with van der Waals surface area (Å²) in [5, 5.41) is 0. The number of H-pyrrole nitrogens is 1. The highest BCUT2D eigenvalue weighted by atomic mass is 16.4. The molecule has 0 radical (unpaired) electrons. The molecule has 0 atom stereocenters. The number of imidazole rings is 1. The molecule has 7 heteroatoms. The highest BCUT2D eigenvalue weighted by Crippen LogP contribution is 2.33. The number of oxazole rings is 1. The highest BCUT2D eigenvalue weighted by Gasteiger charge is 2.33. The topological polar surface area (TPSA) is 83.7 Å². The van der Waals surface area contributed by atoms with Crippen LogP contribution in [0.4, 0.5) is 5.82 Å². The molecule has 1 saturated heterocycles. The monoisotopic (exact) mass is 320 g/mol. The first-order valence-electron chi connectivity index (χ1n) is 7.99. The number of benzene rings is 1. The molecule has 1 aliphatic heterocycles. The summed E-state index contributed by atoms with van der Waals surface area (Å²) in [5.74, 6) is 3.56. The van der Waals surface area contributed by atoms with Crippen LogP contribution in [0.3, 0.4) is 0 Å². The van der Waals surface area contributed by atoms with Crippen LogP contribution in [0.1, 0.15) is 23.5 Å². The van der Waals surface area contributed by atoms with E-state index in [1.165, 1.54) is 0 Å². The minimum atomic E-state index is 0.371. The number of anilines is 1. The van der Waals surface area contributed by atoms with E-state index in [-0.39, 0.29) is 0 Å². The third-order valence-electron chi connectivity index (χ3n) is 4.43. The summed E-state index contributed by atoms with van der Waals surface area (Å²) in [4.78, 5) is 23.6. The SMILES string of the molecule is Cc1nc(N2CC(c3nc4ccccc4[nH]3)C2)c2nc(C)oc2n1. The molecule has 0 aliphatic carbocycles. The predicted molar refractivity (Wildman–Crippen MR) is 90.1 cm³/mol. The maximum Gasteiger partial charge on any atom is 0.252 e. The van der Waals surface area contributed by atoms with Crippen molar-refractivity contribution in [1.82, 2.24) is 24.9 Å². The van der Waals surface area contributed by atoms with Crippen molar-refractivity contribution in [1.29, 1.82) is 0 Å². The molecule has 0 unspecified atom stereocenters. The van der Waals surface area contributed by atoms with Gasteiger partial charge in [-0.25, -0.2) is 15.0 Å². The lowest BCUT2D eigenvalue weighted by molar-refractivity contribution is 0.501. The van der Waals surface area contributed by atoms with Gasteiger partial charge in [0, 0.05) is 20.0 Å². The van der Waals surface area contributed by atoms with Gasteiger partial charge in [-0.15, -0.1) is 0 Å². The molecule has 1 N–H and O–H groups in total. The van der Waals surface area contributed by atoms with Crippen molar-refractivity contribution >= 4 is 28.1 Å². The Balaban J connectivity index is 1.45. The zero-order chi connectivity index (χ0) is 16.3. The fraction of sp³-hybridized carbons (Fsp3) is 0.294. The minimum Gasteiger partial charge on any atom is -0.422 e. The number of aryl methyl sites for hydroxylation is 2. The first kappa shape index (κ1) is 13.5. The number of aromatic amines is 1. The van der Waals surface area contributed by atoms with E-state index in [4.69, 9.17) is 9.40 Å². The second kappa shape index (κ2) is 4.77. The molecule has 3 aromatic heterocycles. The number of nitrogens with zero attached hydrogens (tertiary/aromatic N) is 5. The molecule has 0 bridgehead atoms. The number of nitrogens with one attached hydrogen (secondary N) is 1. The maximum atomic E-state index is 5.55. The zero-order valence-corrected chi connectivity index (χ0v) is 13.4. The Bertz CT molecular complexity index is 1030. The third-order valence-corrected chi connectivity index (χ3v) is 4.43. The minimum absolute atomic E-state index is 0.371. The zero-order valence-electron chi connectivity index (χ0n) is 13.4. The van der Waals surface area contributed by atoms with Gasteiger partial charge in [0.25, 0.3) is 5.71 Å². The van der Waals surface area contributed by atoms with E-state index in [1.807, 2.05) is 32.0 Å². The average Bonchev–Trinajstić information content (AvgIpc) is 3.07. The molecule has 0 amide bonds. The van der Waals surface area contributed by atoms with Gasteiger partial charge in [-0.05, 0) is 19.1 Å². The van der Waals surface area contributed by atoms with Crippen molar-refractivity contribution in [2.45, 2.75) is 19.8 Å². The van der Waals surface area contributed by atoms with Crippen LogP contribution >= 0.6 is 0 Å². The Morgan fingerprint density at radius 2 is 1.92 bits per heavy atom. The second-order valence-corrected chi connectivity index (χ2v) is 6.22.